The minimum Gasteiger partial charge on any atom is -0.381 e. The standard InChI is InChI=1S/C13H26N2O3S2/c1-18-11-3-5-13(10-14,6-4-11)15-7-8-19-9-12(15)20(2,16)17/h11-12H,3-10,14H2,1-2H3. The lowest BCUT2D eigenvalue weighted by atomic mass is 9.79. The topological polar surface area (TPSA) is 72.6 Å². The second-order valence-corrected chi connectivity index (χ2v) is 9.27. The van der Waals surface area contributed by atoms with Crippen molar-refractivity contribution < 1.29 is 13.2 Å². The average molecular weight is 322 g/mol. The Hall–Kier alpha value is 0.180. The van der Waals surface area contributed by atoms with Crippen molar-refractivity contribution in [1.29, 1.82) is 0 Å². The number of nitrogens with two attached hydrogens (primary N) is 1. The molecule has 1 saturated carbocycles. The van der Waals surface area contributed by atoms with Gasteiger partial charge < -0.3 is 10.5 Å². The fraction of sp³-hybridized carbons (Fsp3) is 1.00. The maximum Gasteiger partial charge on any atom is 0.164 e. The molecule has 2 N–H and O–H groups in total. The second kappa shape index (κ2) is 6.52. The van der Waals surface area contributed by atoms with Crippen molar-refractivity contribution in [2.75, 3.05) is 38.0 Å². The highest BCUT2D eigenvalue weighted by atomic mass is 32.2. The van der Waals surface area contributed by atoms with Crippen molar-refractivity contribution in [3.8, 4) is 0 Å². The van der Waals surface area contributed by atoms with Crippen LogP contribution in [0.15, 0.2) is 0 Å². The van der Waals surface area contributed by atoms with Crippen LogP contribution in [0.4, 0.5) is 0 Å². The van der Waals surface area contributed by atoms with Gasteiger partial charge in [-0.1, -0.05) is 0 Å². The third-order valence-corrected chi connectivity index (χ3v) is 7.41. The molecule has 1 heterocycles. The monoisotopic (exact) mass is 322 g/mol. The number of hydrogen-bond acceptors (Lipinski definition) is 6. The molecular weight excluding hydrogens is 296 g/mol. The van der Waals surface area contributed by atoms with Gasteiger partial charge in [0.05, 0.1) is 6.10 Å². The van der Waals surface area contributed by atoms with Gasteiger partial charge in [-0.25, -0.2) is 8.42 Å². The van der Waals surface area contributed by atoms with Crippen LogP contribution in [0.25, 0.3) is 0 Å². The van der Waals surface area contributed by atoms with E-state index in [4.69, 9.17) is 10.5 Å². The maximum atomic E-state index is 12.1. The SMILES string of the molecule is COC1CCC(CN)(N2CCSCC2S(C)(=O)=O)CC1. The van der Waals surface area contributed by atoms with Crippen LogP contribution in [-0.2, 0) is 14.6 Å². The Labute approximate surface area is 126 Å². The summed E-state index contributed by atoms with van der Waals surface area (Å²) in [6, 6.07) is 0. The minimum atomic E-state index is -3.07. The summed E-state index contributed by atoms with van der Waals surface area (Å²) in [6.45, 7) is 1.34. The van der Waals surface area contributed by atoms with Gasteiger partial charge in [0, 0.05) is 43.5 Å². The molecule has 7 heteroatoms. The third-order valence-electron chi connectivity index (χ3n) is 4.76. The zero-order valence-corrected chi connectivity index (χ0v) is 14.0. The van der Waals surface area contributed by atoms with Gasteiger partial charge in [0.15, 0.2) is 9.84 Å². The van der Waals surface area contributed by atoms with E-state index < -0.39 is 9.84 Å². The Balaban J connectivity index is 2.20. The molecule has 0 radical (unpaired) electrons. The lowest BCUT2D eigenvalue weighted by molar-refractivity contribution is -0.00885. The first-order valence-corrected chi connectivity index (χ1v) is 10.3. The van der Waals surface area contributed by atoms with E-state index in [-0.39, 0.29) is 10.9 Å². The molecule has 2 rings (SSSR count). The van der Waals surface area contributed by atoms with Crippen LogP contribution in [0.1, 0.15) is 25.7 Å². The fourth-order valence-corrected chi connectivity index (χ4v) is 6.39. The largest absolute Gasteiger partial charge is 0.381 e. The van der Waals surface area contributed by atoms with Crippen molar-refractivity contribution in [1.82, 2.24) is 4.90 Å². The summed E-state index contributed by atoms with van der Waals surface area (Å²) in [4.78, 5) is 2.19. The first-order valence-electron chi connectivity index (χ1n) is 7.19. The van der Waals surface area contributed by atoms with E-state index >= 15 is 0 Å². The molecule has 20 heavy (non-hydrogen) atoms. The molecule has 1 atom stereocenters. The Kier molecular flexibility index (Phi) is 5.40. The summed E-state index contributed by atoms with van der Waals surface area (Å²) in [5, 5.41) is -0.385. The van der Waals surface area contributed by atoms with Gasteiger partial charge in [0.1, 0.15) is 5.37 Å². The van der Waals surface area contributed by atoms with Crippen molar-refractivity contribution in [2.45, 2.75) is 42.7 Å². The Morgan fingerprint density at radius 1 is 1.40 bits per heavy atom. The molecule has 0 bridgehead atoms. The molecule has 5 nitrogen and oxygen atoms in total. The highest BCUT2D eigenvalue weighted by Gasteiger charge is 2.46. The second-order valence-electron chi connectivity index (χ2n) is 5.92. The van der Waals surface area contributed by atoms with Gasteiger partial charge in [0.25, 0.3) is 0 Å². The molecule has 1 aliphatic heterocycles. The van der Waals surface area contributed by atoms with Crippen molar-refractivity contribution >= 4 is 21.6 Å². The van der Waals surface area contributed by atoms with Crippen molar-refractivity contribution in [3.05, 3.63) is 0 Å². The summed E-state index contributed by atoms with van der Waals surface area (Å²) in [5.74, 6) is 1.65. The van der Waals surface area contributed by atoms with E-state index in [0.29, 0.717) is 18.4 Å². The summed E-state index contributed by atoms with van der Waals surface area (Å²) >= 11 is 1.73. The first-order chi connectivity index (χ1) is 9.43. The normalized spacial score (nSPS) is 37.0. The molecule has 2 fully saturated rings. The average Bonchev–Trinajstić information content (AvgIpc) is 2.46. The van der Waals surface area contributed by atoms with E-state index in [0.717, 1.165) is 38.0 Å². The lowest BCUT2D eigenvalue weighted by Gasteiger charge is -2.51. The number of hydrogen-bond donors (Lipinski definition) is 1. The van der Waals surface area contributed by atoms with Crippen LogP contribution in [0.5, 0.6) is 0 Å². The highest BCUT2D eigenvalue weighted by Crippen LogP contribution is 2.38. The summed E-state index contributed by atoms with van der Waals surface area (Å²) in [5.41, 5.74) is 5.91. The summed E-state index contributed by atoms with van der Waals surface area (Å²) in [7, 11) is -1.33. The zero-order valence-electron chi connectivity index (χ0n) is 12.4. The quantitative estimate of drug-likeness (QED) is 0.821. The Morgan fingerprint density at radius 3 is 2.55 bits per heavy atom. The maximum absolute atomic E-state index is 12.1. The zero-order chi connectivity index (χ0) is 14.8. The molecular formula is C13H26N2O3S2. The first kappa shape index (κ1) is 16.5. The van der Waals surface area contributed by atoms with Crippen LogP contribution in [-0.4, -0.2) is 68.3 Å². The van der Waals surface area contributed by atoms with Crippen molar-refractivity contribution in [3.63, 3.8) is 0 Å². The van der Waals surface area contributed by atoms with Gasteiger partial charge in [-0.2, -0.15) is 11.8 Å². The number of methoxy groups -OCH3 is 1. The van der Waals surface area contributed by atoms with Gasteiger partial charge in [0.2, 0.25) is 0 Å². The van der Waals surface area contributed by atoms with Crippen molar-refractivity contribution in [2.24, 2.45) is 5.73 Å². The molecule has 0 amide bonds. The lowest BCUT2D eigenvalue weighted by Crippen LogP contribution is -2.63. The van der Waals surface area contributed by atoms with E-state index in [2.05, 4.69) is 4.90 Å². The molecule has 0 spiro atoms. The predicted octanol–water partition coefficient (Wildman–Crippen LogP) is 0.692. The smallest absolute Gasteiger partial charge is 0.164 e. The number of nitrogens with zero attached hydrogens (tertiary/aromatic N) is 1. The van der Waals surface area contributed by atoms with E-state index in [1.54, 1.807) is 18.9 Å². The molecule has 0 aromatic rings. The minimum absolute atomic E-state index is 0.163. The highest BCUT2D eigenvalue weighted by molar-refractivity contribution is 8.00. The van der Waals surface area contributed by atoms with Crippen LogP contribution < -0.4 is 5.73 Å². The summed E-state index contributed by atoms with van der Waals surface area (Å²) in [6.07, 6.45) is 5.44. The summed E-state index contributed by atoms with van der Waals surface area (Å²) < 4.78 is 29.6. The number of ether oxygens (including phenoxy) is 1. The van der Waals surface area contributed by atoms with Crippen LogP contribution in [0, 0.1) is 0 Å². The Bertz CT molecular complexity index is 419. The van der Waals surface area contributed by atoms with Gasteiger partial charge in [-0.3, -0.25) is 4.90 Å². The molecule has 118 valence electrons. The van der Waals surface area contributed by atoms with Crippen LogP contribution in [0.2, 0.25) is 0 Å². The van der Waals surface area contributed by atoms with E-state index in [1.807, 2.05) is 0 Å². The van der Waals surface area contributed by atoms with Gasteiger partial charge in [-0.15, -0.1) is 0 Å². The van der Waals surface area contributed by atoms with E-state index in [9.17, 15) is 8.42 Å². The molecule has 0 aromatic heterocycles. The number of thioether (sulfide) groups is 1. The molecule has 1 aliphatic carbocycles. The number of sulfone groups is 1. The molecule has 1 saturated heterocycles. The van der Waals surface area contributed by atoms with E-state index in [1.165, 1.54) is 6.26 Å². The molecule has 2 aliphatic rings. The van der Waals surface area contributed by atoms with Gasteiger partial charge >= 0.3 is 0 Å². The fourth-order valence-electron chi connectivity index (χ4n) is 3.45. The predicted molar refractivity (Wildman–Crippen MR) is 83.7 cm³/mol. The van der Waals surface area contributed by atoms with Crippen LogP contribution >= 0.6 is 11.8 Å². The molecule has 0 aromatic carbocycles. The molecule has 1 unspecified atom stereocenters. The van der Waals surface area contributed by atoms with Gasteiger partial charge in [-0.05, 0) is 25.7 Å². The number of rotatable bonds is 4. The Morgan fingerprint density at radius 2 is 2.05 bits per heavy atom. The third kappa shape index (κ3) is 3.32. The van der Waals surface area contributed by atoms with Crippen LogP contribution in [0.3, 0.4) is 0 Å².